The molecule has 1 saturated heterocycles. The average Bonchev–Trinajstić information content (AvgIpc) is 2.69. The highest BCUT2D eigenvalue weighted by Gasteiger charge is 2.37. The minimum Gasteiger partial charge on any atom is -0.316 e. The van der Waals surface area contributed by atoms with Gasteiger partial charge in [0, 0.05) is 5.39 Å². The predicted molar refractivity (Wildman–Crippen MR) is 103 cm³/mol. The number of halogens is 6. The van der Waals surface area contributed by atoms with E-state index in [2.05, 4.69) is 22.1 Å². The zero-order valence-corrected chi connectivity index (χ0v) is 16.7. The first kappa shape index (κ1) is 22.8. The first-order chi connectivity index (χ1) is 14.1. The number of nitrogens with zero attached hydrogens (tertiary/aromatic N) is 2. The van der Waals surface area contributed by atoms with E-state index in [-0.39, 0.29) is 17.4 Å². The molecule has 0 saturated carbocycles. The highest BCUT2D eigenvalue weighted by atomic mass is 19.4. The SMILES string of the molecule is CCN1CCC(CNCCc2cc(C(F)(F)F)nc3c(C(F)(F)F)cccc23)CC1. The molecule has 0 radical (unpaired) electrons. The van der Waals surface area contributed by atoms with Crippen LogP contribution in [0.4, 0.5) is 26.3 Å². The molecule has 0 atom stereocenters. The van der Waals surface area contributed by atoms with Crippen molar-refractivity contribution in [1.82, 2.24) is 15.2 Å². The number of para-hydroxylation sites is 1. The van der Waals surface area contributed by atoms with Gasteiger partial charge in [-0.2, -0.15) is 26.3 Å². The maximum Gasteiger partial charge on any atom is 0.433 e. The van der Waals surface area contributed by atoms with Crippen LogP contribution in [0.25, 0.3) is 10.9 Å². The summed E-state index contributed by atoms with van der Waals surface area (Å²) in [5, 5.41) is 3.37. The third-order valence-electron chi connectivity index (χ3n) is 5.68. The number of pyridine rings is 1. The second kappa shape index (κ2) is 9.09. The summed E-state index contributed by atoms with van der Waals surface area (Å²) in [5.41, 5.74) is -2.88. The van der Waals surface area contributed by atoms with Crippen LogP contribution in [0.15, 0.2) is 24.3 Å². The van der Waals surface area contributed by atoms with E-state index in [1.807, 2.05) is 0 Å². The molecule has 0 bridgehead atoms. The number of hydrogen-bond donors (Lipinski definition) is 1. The third-order valence-corrected chi connectivity index (χ3v) is 5.68. The summed E-state index contributed by atoms with van der Waals surface area (Å²) in [4.78, 5) is 5.69. The van der Waals surface area contributed by atoms with E-state index >= 15 is 0 Å². The largest absolute Gasteiger partial charge is 0.433 e. The summed E-state index contributed by atoms with van der Waals surface area (Å²) < 4.78 is 79.7. The van der Waals surface area contributed by atoms with Crippen LogP contribution in [-0.2, 0) is 18.8 Å². The molecule has 0 spiro atoms. The van der Waals surface area contributed by atoms with E-state index in [1.165, 1.54) is 12.1 Å². The summed E-state index contributed by atoms with van der Waals surface area (Å²) in [7, 11) is 0. The number of benzene rings is 1. The normalized spacial score (nSPS) is 17.0. The van der Waals surface area contributed by atoms with E-state index in [1.54, 1.807) is 0 Å². The average molecular weight is 433 g/mol. The minimum atomic E-state index is -4.82. The maximum atomic E-state index is 13.3. The molecular weight excluding hydrogens is 408 g/mol. The van der Waals surface area contributed by atoms with Crippen molar-refractivity contribution in [2.75, 3.05) is 32.7 Å². The molecule has 1 aromatic carbocycles. The van der Waals surface area contributed by atoms with Crippen LogP contribution < -0.4 is 5.32 Å². The minimum absolute atomic E-state index is 0.107. The lowest BCUT2D eigenvalue weighted by molar-refractivity contribution is -0.142. The summed E-state index contributed by atoms with van der Waals surface area (Å²) >= 11 is 0. The Kier molecular flexibility index (Phi) is 6.91. The van der Waals surface area contributed by atoms with Crippen LogP contribution in [-0.4, -0.2) is 42.6 Å². The molecule has 3 rings (SSSR count). The van der Waals surface area contributed by atoms with E-state index in [0.29, 0.717) is 12.5 Å². The van der Waals surface area contributed by atoms with Crippen LogP contribution in [0.2, 0.25) is 0 Å². The van der Waals surface area contributed by atoms with Gasteiger partial charge in [0.05, 0.1) is 11.1 Å². The molecule has 0 aliphatic carbocycles. The summed E-state index contributed by atoms with van der Waals surface area (Å²) in [6.07, 6.45) is -7.28. The number of fused-ring (bicyclic) bond motifs is 1. The zero-order valence-electron chi connectivity index (χ0n) is 16.7. The van der Waals surface area contributed by atoms with Crippen molar-refractivity contribution in [3.8, 4) is 0 Å². The Balaban J connectivity index is 1.76. The Labute approximate surface area is 171 Å². The first-order valence-corrected chi connectivity index (χ1v) is 10.1. The van der Waals surface area contributed by atoms with Gasteiger partial charge in [0.25, 0.3) is 0 Å². The first-order valence-electron chi connectivity index (χ1n) is 10.1. The van der Waals surface area contributed by atoms with Gasteiger partial charge in [-0.3, -0.25) is 0 Å². The van der Waals surface area contributed by atoms with Gasteiger partial charge >= 0.3 is 12.4 Å². The zero-order chi connectivity index (χ0) is 21.9. The molecule has 2 heterocycles. The van der Waals surface area contributed by atoms with Crippen molar-refractivity contribution >= 4 is 10.9 Å². The number of rotatable bonds is 6. The van der Waals surface area contributed by atoms with Crippen molar-refractivity contribution in [2.24, 2.45) is 5.92 Å². The van der Waals surface area contributed by atoms with Gasteiger partial charge in [0.1, 0.15) is 5.69 Å². The smallest absolute Gasteiger partial charge is 0.316 e. The number of aromatic nitrogens is 1. The number of likely N-dealkylation sites (tertiary alicyclic amines) is 1. The van der Waals surface area contributed by atoms with E-state index in [9.17, 15) is 26.3 Å². The van der Waals surface area contributed by atoms with Crippen molar-refractivity contribution in [2.45, 2.75) is 38.5 Å². The lowest BCUT2D eigenvalue weighted by atomic mass is 9.96. The molecule has 1 fully saturated rings. The lowest BCUT2D eigenvalue weighted by Crippen LogP contribution is -2.37. The van der Waals surface area contributed by atoms with Gasteiger partial charge < -0.3 is 10.2 Å². The van der Waals surface area contributed by atoms with E-state index in [0.717, 1.165) is 51.2 Å². The number of alkyl halides is 6. The molecule has 9 heteroatoms. The van der Waals surface area contributed by atoms with Gasteiger partial charge in [-0.05, 0) is 75.6 Å². The molecule has 1 aromatic heterocycles. The molecule has 0 unspecified atom stereocenters. The Morgan fingerprint density at radius 1 is 1.07 bits per heavy atom. The molecule has 30 heavy (non-hydrogen) atoms. The second-order valence-corrected chi connectivity index (χ2v) is 7.70. The predicted octanol–water partition coefficient (Wildman–Crippen LogP) is 5.14. The highest BCUT2D eigenvalue weighted by molar-refractivity contribution is 5.86. The third kappa shape index (κ3) is 5.43. The Hall–Kier alpha value is -1.87. The van der Waals surface area contributed by atoms with Crippen molar-refractivity contribution < 1.29 is 26.3 Å². The molecule has 0 amide bonds. The molecule has 3 nitrogen and oxygen atoms in total. The lowest BCUT2D eigenvalue weighted by Gasteiger charge is -2.31. The van der Waals surface area contributed by atoms with Crippen LogP contribution in [0.3, 0.4) is 0 Å². The quantitative estimate of drug-likeness (QED) is 0.505. The van der Waals surface area contributed by atoms with Gasteiger partial charge in [-0.15, -0.1) is 0 Å². The number of hydrogen-bond acceptors (Lipinski definition) is 3. The molecule has 166 valence electrons. The summed E-state index contributed by atoms with van der Waals surface area (Å²) in [5.74, 6) is 0.504. The van der Waals surface area contributed by atoms with Gasteiger partial charge in [-0.25, -0.2) is 4.98 Å². The van der Waals surface area contributed by atoms with Crippen LogP contribution in [0.5, 0.6) is 0 Å². The van der Waals surface area contributed by atoms with Gasteiger partial charge in [0.2, 0.25) is 0 Å². The fourth-order valence-corrected chi connectivity index (χ4v) is 3.94. The van der Waals surface area contributed by atoms with E-state index < -0.39 is 29.1 Å². The standard InChI is InChI=1S/C21H25F6N3/c1-2-30-10-7-14(8-11-30)13-28-9-6-15-12-18(21(25,26)27)29-19-16(15)4-3-5-17(19)20(22,23)24/h3-5,12,14,28H,2,6-11,13H2,1H3. The van der Waals surface area contributed by atoms with Crippen molar-refractivity contribution in [1.29, 1.82) is 0 Å². The number of nitrogens with one attached hydrogen (secondary N) is 1. The Morgan fingerprint density at radius 3 is 2.37 bits per heavy atom. The Morgan fingerprint density at radius 2 is 1.77 bits per heavy atom. The highest BCUT2D eigenvalue weighted by Crippen LogP contribution is 2.37. The van der Waals surface area contributed by atoms with Crippen LogP contribution in [0.1, 0.15) is 36.6 Å². The number of piperidine rings is 1. The van der Waals surface area contributed by atoms with Crippen LogP contribution in [0, 0.1) is 5.92 Å². The fraction of sp³-hybridized carbons (Fsp3) is 0.571. The van der Waals surface area contributed by atoms with Crippen LogP contribution >= 0.6 is 0 Å². The topological polar surface area (TPSA) is 28.2 Å². The molecule has 1 N–H and O–H groups in total. The molecule has 1 aliphatic heterocycles. The monoisotopic (exact) mass is 433 g/mol. The molecule has 1 aliphatic rings. The molecule has 2 aromatic rings. The second-order valence-electron chi connectivity index (χ2n) is 7.70. The fourth-order valence-electron chi connectivity index (χ4n) is 3.94. The van der Waals surface area contributed by atoms with E-state index in [4.69, 9.17) is 0 Å². The van der Waals surface area contributed by atoms with Crippen molar-refractivity contribution in [3.05, 3.63) is 41.1 Å². The summed E-state index contributed by atoms with van der Waals surface area (Å²) in [6, 6.07) is 4.23. The molecular formula is C21H25F6N3. The maximum absolute atomic E-state index is 13.3. The van der Waals surface area contributed by atoms with Gasteiger partial charge in [0.15, 0.2) is 0 Å². The van der Waals surface area contributed by atoms with Crippen molar-refractivity contribution in [3.63, 3.8) is 0 Å². The summed E-state index contributed by atoms with van der Waals surface area (Å²) in [6.45, 7) is 6.36. The Bertz CT molecular complexity index is 854. The van der Waals surface area contributed by atoms with Gasteiger partial charge in [-0.1, -0.05) is 19.1 Å².